The number of hydrogen-bond acceptors (Lipinski definition) is 7. The number of fused-ring (bicyclic) bond motifs is 2. The van der Waals surface area contributed by atoms with Gasteiger partial charge in [-0.2, -0.15) is 0 Å². The molecule has 2 fully saturated rings. The van der Waals surface area contributed by atoms with E-state index in [-0.39, 0.29) is 57.8 Å². The fourth-order valence-electron chi connectivity index (χ4n) is 6.67. The van der Waals surface area contributed by atoms with Crippen LogP contribution in [0.5, 0.6) is 0 Å². The summed E-state index contributed by atoms with van der Waals surface area (Å²) >= 11 is 0. The number of H-pyrrole nitrogens is 1. The second-order valence-corrected chi connectivity index (χ2v) is 12.8. The summed E-state index contributed by atoms with van der Waals surface area (Å²) in [5, 5.41) is 20.0. The molecule has 268 valence electrons. The van der Waals surface area contributed by atoms with E-state index < -0.39 is 60.3 Å². The summed E-state index contributed by atoms with van der Waals surface area (Å²) in [5.41, 5.74) is 9.29. The average molecular weight is 716 g/mol. The summed E-state index contributed by atoms with van der Waals surface area (Å²) in [6, 6.07) is 20.3. The molecule has 3 heterocycles. The number of carbonyl (C=O) groups excluding carboxylic acids is 5. The van der Waals surface area contributed by atoms with Crippen LogP contribution in [0.4, 0.5) is 0 Å². The Morgan fingerprint density at radius 3 is 2.39 bits per heavy atom. The van der Waals surface area contributed by atoms with E-state index in [2.05, 4.69) is 20.9 Å². The molecule has 2 aliphatic heterocycles. The highest BCUT2D eigenvalue weighted by Gasteiger charge is 2.43. The van der Waals surface area contributed by atoms with Crippen LogP contribution in [-0.4, -0.2) is 99.8 Å². The maximum atomic E-state index is 14.3. The highest BCUT2D eigenvalue weighted by molar-refractivity contribution is 5.99. The smallest absolute Gasteiger partial charge is 0.254 e. The van der Waals surface area contributed by atoms with Gasteiger partial charge in [0, 0.05) is 68.1 Å². The molecule has 2 aliphatic rings. The molecule has 1 aromatic heterocycles. The van der Waals surface area contributed by atoms with E-state index in [1.54, 1.807) is 30.5 Å². The molecule has 4 atom stereocenters. The van der Waals surface area contributed by atoms with Gasteiger partial charge in [0.1, 0.15) is 18.1 Å². The standard InChI is InChI=1S/C37H41N7O6.ClH/c38-19-24-9-6-10-25(15-24)36(49)43-14-13-39-34(47)30(16-23-7-2-1-3-8-23)42-35(48)32-18-27(45)21-44(32)37(50)31(41-33(46)22-43)17-26-20-40-29-12-5-4-11-28(26)29;/h1-12,15,20,27,30-32,40,45H,13-14,16-19,21-22,38H2,(H,39,47)(H,41,46)(H,42,48);1H/t27-,30+,31-,32+;/m1./s1. The van der Waals surface area contributed by atoms with Crippen LogP contribution in [0.1, 0.15) is 33.5 Å². The summed E-state index contributed by atoms with van der Waals surface area (Å²) in [7, 11) is 0. The molecule has 4 aromatic rings. The van der Waals surface area contributed by atoms with Gasteiger partial charge in [-0.15, -0.1) is 12.4 Å². The Balaban J connectivity index is 0.00000504. The normalized spacial score (nSPS) is 21.8. The van der Waals surface area contributed by atoms with Crippen LogP contribution in [0.25, 0.3) is 10.9 Å². The first kappa shape index (κ1) is 37.0. The number of aromatic nitrogens is 1. The third kappa shape index (κ3) is 8.74. The Morgan fingerprint density at radius 2 is 1.61 bits per heavy atom. The van der Waals surface area contributed by atoms with Crippen LogP contribution >= 0.6 is 12.4 Å². The van der Waals surface area contributed by atoms with Gasteiger partial charge >= 0.3 is 0 Å². The quantitative estimate of drug-likeness (QED) is 0.172. The number of aromatic amines is 1. The molecule has 0 bridgehead atoms. The first-order valence-corrected chi connectivity index (χ1v) is 16.7. The third-order valence-electron chi connectivity index (χ3n) is 9.22. The Kier molecular flexibility index (Phi) is 12.1. The van der Waals surface area contributed by atoms with Crippen molar-refractivity contribution >= 4 is 52.8 Å². The largest absolute Gasteiger partial charge is 0.391 e. The lowest BCUT2D eigenvalue weighted by molar-refractivity contribution is -0.142. The maximum absolute atomic E-state index is 14.3. The van der Waals surface area contributed by atoms with Gasteiger partial charge in [-0.3, -0.25) is 24.0 Å². The topological polar surface area (TPSA) is 190 Å². The van der Waals surface area contributed by atoms with E-state index in [1.807, 2.05) is 54.6 Å². The van der Waals surface area contributed by atoms with Crippen molar-refractivity contribution in [3.63, 3.8) is 0 Å². The van der Waals surface area contributed by atoms with E-state index >= 15 is 0 Å². The molecular weight excluding hydrogens is 674 g/mol. The molecule has 6 rings (SSSR count). The van der Waals surface area contributed by atoms with Gasteiger partial charge in [0.15, 0.2) is 0 Å². The highest BCUT2D eigenvalue weighted by atomic mass is 35.5. The molecule has 0 saturated carbocycles. The summed E-state index contributed by atoms with van der Waals surface area (Å²) in [6.07, 6.45) is 0.999. The van der Waals surface area contributed by atoms with E-state index in [1.165, 1.54) is 9.80 Å². The molecule has 3 aromatic carbocycles. The number of carbonyl (C=O) groups is 5. The second kappa shape index (κ2) is 16.6. The zero-order chi connectivity index (χ0) is 35.2. The van der Waals surface area contributed by atoms with E-state index in [4.69, 9.17) is 5.73 Å². The lowest BCUT2D eigenvalue weighted by Gasteiger charge is -2.30. The summed E-state index contributed by atoms with van der Waals surface area (Å²) in [6.45, 7) is -0.360. The van der Waals surface area contributed by atoms with Crippen LogP contribution in [-0.2, 0) is 38.6 Å². The van der Waals surface area contributed by atoms with Crippen LogP contribution in [0.15, 0.2) is 85.1 Å². The Morgan fingerprint density at radius 1 is 0.863 bits per heavy atom. The maximum Gasteiger partial charge on any atom is 0.254 e. The summed E-state index contributed by atoms with van der Waals surface area (Å²) in [5.74, 6) is -2.70. The monoisotopic (exact) mass is 715 g/mol. The van der Waals surface area contributed by atoms with Crippen LogP contribution in [0.2, 0.25) is 0 Å². The minimum Gasteiger partial charge on any atom is -0.391 e. The number of nitrogens with two attached hydrogens (primary N) is 1. The molecule has 7 N–H and O–H groups in total. The number of halogens is 1. The number of rotatable bonds is 6. The number of nitrogens with zero attached hydrogens (tertiary/aromatic N) is 2. The first-order valence-electron chi connectivity index (χ1n) is 16.7. The second-order valence-electron chi connectivity index (χ2n) is 12.8. The number of hydrogen-bond donors (Lipinski definition) is 6. The molecule has 51 heavy (non-hydrogen) atoms. The highest BCUT2D eigenvalue weighted by Crippen LogP contribution is 2.24. The van der Waals surface area contributed by atoms with Crippen molar-refractivity contribution in [2.24, 2.45) is 5.73 Å². The van der Waals surface area contributed by atoms with Crippen molar-refractivity contribution in [2.45, 2.75) is 50.0 Å². The molecular formula is C37H42ClN7O6. The molecule has 0 spiro atoms. The summed E-state index contributed by atoms with van der Waals surface area (Å²) in [4.78, 5) is 75.1. The first-order chi connectivity index (χ1) is 24.2. The van der Waals surface area contributed by atoms with Gasteiger partial charge in [-0.05, 0) is 34.9 Å². The zero-order valence-electron chi connectivity index (χ0n) is 27.9. The van der Waals surface area contributed by atoms with Gasteiger partial charge in [0.25, 0.3) is 5.91 Å². The minimum absolute atomic E-state index is 0. The van der Waals surface area contributed by atoms with Gasteiger partial charge in [0.05, 0.1) is 12.6 Å². The summed E-state index contributed by atoms with van der Waals surface area (Å²) < 4.78 is 0. The van der Waals surface area contributed by atoms with Crippen molar-refractivity contribution in [3.8, 4) is 0 Å². The van der Waals surface area contributed by atoms with Crippen LogP contribution < -0.4 is 21.7 Å². The van der Waals surface area contributed by atoms with Gasteiger partial charge in [0.2, 0.25) is 23.6 Å². The Bertz CT molecular complexity index is 1890. The molecule has 0 unspecified atom stereocenters. The number of benzene rings is 3. The lowest BCUT2D eigenvalue weighted by atomic mass is 10.0. The predicted molar refractivity (Wildman–Crippen MR) is 193 cm³/mol. The number of amides is 5. The number of aliphatic hydroxyl groups excluding tert-OH is 1. The number of nitrogens with one attached hydrogen (secondary N) is 4. The van der Waals surface area contributed by atoms with Gasteiger partial charge < -0.3 is 41.6 Å². The van der Waals surface area contributed by atoms with Crippen LogP contribution in [0, 0.1) is 0 Å². The molecule has 2 saturated heterocycles. The molecule has 14 heteroatoms. The molecule has 0 radical (unpaired) electrons. The van der Waals surface area contributed by atoms with E-state index in [0.29, 0.717) is 5.56 Å². The molecule has 13 nitrogen and oxygen atoms in total. The fourth-order valence-corrected chi connectivity index (χ4v) is 6.67. The van der Waals surface area contributed by atoms with Crippen molar-refractivity contribution in [1.29, 1.82) is 0 Å². The fraction of sp³-hybridized carbons (Fsp3) is 0.324. The lowest BCUT2D eigenvalue weighted by Crippen LogP contribution is -2.57. The number of aliphatic hydroxyl groups is 1. The van der Waals surface area contributed by atoms with Gasteiger partial charge in [-0.25, -0.2) is 0 Å². The van der Waals surface area contributed by atoms with Gasteiger partial charge in [-0.1, -0.05) is 60.7 Å². The SMILES string of the molecule is Cl.NCc1cccc(C(=O)N2CCNC(=O)[C@H](Cc3ccccc3)NC(=O)[C@@H]3C[C@@H](O)CN3C(=O)[C@@H](Cc3c[nH]c4ccccc34)NC(=O)C2)c1. The predicted octanol–water partition coefficient (Wildman–Crippen LogP) is 1.04. The van der Waals surface area contributed by atoms with Crippen molar-refractivity contribution < 1.29 is 29.1 Å². The third-order valence-corrected chi connectivity index (χ3v) is 9.22. The molecule has 0 aliphatic carbocycles. The minimum atomic E-state index is -1.13. The van der Waals surface area contributed by atoms with Crippen molar-refractivity contribution in [2.75, 3.05) is 26.2 Å². The van der Waals surface area contributed by atoms with Crippen molar-refractivity contribution in [1.82, 2.24) is 30.7 Å². The Labute approximate surface area is 301 Å². The Hall–Kier alpha value is -5.24. The zero-order valence-corrected chi connectivity index (χ0v) is 28.7. The molecule has 5 amide bonds. The average Bonchev–Trinajstić information content (AvgIpc) is 3.73. The van der Waals surface area contributed by atoms with E-state index in [9.17, 15) is 29.1 Å². The van der Waals surface area contributed by atoms with Crippen LogP contribution in [0.3, 0.4) is 0 Å². The van der Waals surface area contributed by atoms with E-state index in [0.717, 1.165) is 27.6 Å². The van der Waals surface area contributed by atoms with Crippen molar-refractivity contribution in [3.05, 3.63) is 107 Å². The number of para-hydroxylation sites is 1.